The molecule has 0 radical (unpaired) electrons. The summed E-state index contributed by atoms with van der Waals surface area (Å²) < 4.78 is 15.1. The lowest BCUT2D eigenvalue weighted by atomic mass is 9.79. The maximum atomic E-state index is 6.15. The third-order valence-corrected chi connectivity index (χ3v) is 16.9. The van der Waals surface area contributed by atoms with Crippen LogP contribution in [-0.2, 0) is 9.47 Å². The summed E-state index contributed by atoms with van der Waals surface area (Å²) in [6.45, 7) is 13.9. The Kier molecular flexibility index (Phi) is 4.94. The van der Waals surface area contributed by atoms with Crippen LogP contribution < -0.4 is 10.4 Å². The van der Waals surface area contributed by atoms with Crippen molar-refractivity contribution in [2.24, 2.45) is 5.92 Å². The first-order chi connectivity index (χ1) is 12.8. The molecule has 0 N–H and O–H groups in total. The molecular weight excluding hydrogens is 366 g/mol. The lowest BCUT2D eigenvalue weighted by Crippen LogP contribution is -2.57. The first-order valence-corrected chi connectivity index (χ1v) is 16.5. The van der Waals surface area contributed by atoms with Gasteiger partial charge in [-0.25, -0.2) is 0 Å². The summed E-state index contributed by atoms with van der Waals surface area (Å²) in [5, 5.41) is 3.28. The van der Waals surface area contributed by atoms with Gasteiger partial charge in [-0.2, -0.15) is 0 Å². The third kappa shape index (κ3) is 3.16. The molecule has 1 saturated heterocycles. The van der Waals surface area contributed by atoms with Gasteiger partial charge in [0.15, 0.2) is 22.3 Å². The highest BCUT2D eigenvalue weighted by atomic mass is 28.4. The number of ether oxygens (including phenoxy) is 2. The Bertz CT molecular complexity index is 703. The Hall–Kier alpha value is -0.886. The van der Waals surface area contributed by atoms with Gasteiger partial charge in [-0.15, -0.1) is 0 Å². The second-order valence-electron chi connectivity index (χ2n) is 9.66. The lowest BCUT2D eigenvalue weighted by Gasteiger charge is -2.41. The molecule has 0 bridgehead atoms. The fourth-order valence-electron chi connectivity index (χ4n) is 5.79. The van der Waals surface area contributed by atoms with Gasteiger partial charge in [0.05, 0.1) is 13.2 Å². The molecule has 0 amide bonds. The highest BCUT2D eigenvalue weighted by Gasteiger charge is 2.50. The first kappa shape index (κ1) is 19.4. The lowest BCUT2D eigenvalue weighted by molar-refractivity contribution is -0.212. The van der Waals surface area contributed by atoms with Gasteiger partial charge in [0, 0.05) is 12.3 Å². The SMILES string of the molecule is C/C(=C/N1[Si](C)(C)c2ccccc2[Si]1(C)C)CC1CCCCC12OCCO2. The standard InChI is InChI=1S/C22H35NO2Si2/c1-18(16-19-10-8-9-13-22(19)24-14-15-25-22)17-23-26(2,3)20-11-6-7-12-21(20)27(23,4)5/h6-7,11-12,17,19H,8-10,13-16H2,1-5H3/b18-17-. The molecule has 1 unspecified atom stereocenters. The second kappa shape index (κ2) is 6.87. The van der Waals surface area contributed by atoms with E-state index in [1.54, 1.807) is 10.4 Å². The van der Waals surface area contributed by atoms with Crippen LogP contribution in [0.2, 0.25) is 26.2 Å². The van der Waals surface area contributed by atoms with Crippen LogP contribution in [0, 0.1) is 5.92 Å². The number of allylic oxidation sites excluding steroid dienone is 1. The summed E-state index contributed by atoms with van der Waals surface area (Å²) in [6, 6.07) is 9.21. The molecule has 1 aromatic carbocycles. The predicted molar refractivity (Wildman–Crippen MR) is 117 cm³/mol. The quantitative estimate of drug-likeness (QED) is 0.713. The van der Waals surface area contributed by atoms with E-state index in [0.29, 0.717) is 5.92 Å². The molecule has 2 aliphatic heterocycles. The van der Waals surface area contributed by atoms with Gasteiger partial charge in [-0.1, -0.05) is 36.3 Å². The molecule has 0 aromatic heterocycles. The fraction of sp³-hybridized carbons (Fsp3) is 0.636. The first-order valence-electron chi connectivity index (χ1n) is 10.6. The number of rotatable bonds is 3. The van der Waals surface area contributed by atoms with Gasteiger partial charge in [-0.3, -0.25) is 0 Å². The average Bonchev–Trinajstić information content (AvgIpc) is 3.15. The normalized spacial score (nSPS) is 28.6. The number of hydrogen-bond acceptors (Lipinski definition) is 3. The zero-order valence-corrected chi connectivity index (χ0v) is 19.7. The van der Waals surface area contributed by atoms with E-state index >= 15 is 0 Å². The van der Waals surface area contributed by atoms with Gasteiger partial charge in [-0.05, 0) is 68.9 Å². The number of fused-ring (bicyclic) bond motifs is 1. The zero-order valence-electron chi connectivity index (χ0n) is 17.7. The molecule has 148 valence electrons. The van der Waals surface area contributed by atoms with Crippen molar-refractivity contribution in [3.63, 3.8) is 0 Å². The minimum atomic E-state index is -1.64. The molecule has 3 aliphatic rings. The highest BCUT2D eigenvalue weighted by molar-refractivity contribution is 7.10. The van der Waals surface area contributed by atoms with E-state index in [0.717, 1.165) is 26.1 Å². The van der Waals surface area contributed by atoms with Gasteiger partial charge in [0.1, 0.15) is 0 Å². The van der Waals surface area contributed by atoms with Crippen LogP contribution in [0.3, 0.4) is 0 Å². The van der Waals surface area contributed by atoms with Crippen molar-refractivity contribution in [2.45, 2.75) is 71.0 Å². The van der Waals surface area contributed by atoms with Gasteiger partial charge in [0.2, 0.25) is 0 Å². The van der Waals surface area contributed by atoms with Crippen LogP contribution in [0.15, 0.2) is 36.0 Å². The summed E-state index contributed by atoms with van der Waals surface area (Å²) in [6.07, 6.45) is 8.48. The van der Waals surface area contributed by atoms with Crippen molar-refractivity contribution in [1.82, 2.24) is 4.23 Å². The van der Waals surface area contributed by atoms with Crippen LogP contribution in [0.4, 0.5) is 0 Å². The summed E-state index contributed by atoms with van der Waals surface area (Å²) in [4.78, 5) is 0. The molecular formula is C22H35NO2Si2. The predicted octanol–water partition coefficient (Wildman–Crippen LogP) is 4.05. The van der Waals surface area contributed by atoms with E-state index in [-0.39, 0.29) is 5.79 Å². The van der Waals surface area contributed by atoms with Crippen LogP contribution in [-0.4, -0.2) is 39.7 Å². The summed E-state index contributed by atoms with van der Waals surface area (Å²) in [5.41, 5.74) is 1.49. The Labute approximate surface area is 166 Å². The Morgan fingerprint density at radius 1 is 1.07 bits per heavy atom. The molecule has 4 rings (SSSR count). The number of benzene rings is 1. The van der Waals surface area contributed by atoms with E-state index < -0.39 is 16.5 Å². The van der Waals surface area contributed by atoms with E-state index in [9.17, 15) is 0 Å². The van der Waals surface area contributed by atoms with Crippen LogP contribution in [0.5, 0.6) is 0 Å². The van der Waals surface area contributed by atoms with Gasteiger partial charge < -0.3 is 13.7 Å². The number of hydrogen-bond donors (Lipinski definition) is 0. The van der Waals surface area contributed by atoms with Crippen molar-refractivity contribution < 1.29 is 9.47 Å². The smallest absolute Gasteiger partial charge is 0.173 e. The summed E-state index contributed by atoms with van der Waals surface area (Å²) in [5.74, 6) is 0.214. The topological polar surface area (TPSA) is 21.7 Å². The molecule has 5 heteroatoms. The highest BCUT2D eigenvalue weighted by Crippen LogP contribution is 2.43. The molecule has 2 heterocycles. The minimum Gasteiger partial charge on any atom is -0.424 e. The molecule has 1 saturated carbocycles. The fourth-order valence-corrected chi connectivity index (χ4v) is 18.0. The second-order valence-corrected chi connectivity index (χ2v) is 18.4. The molecule has 1 spiro atoms. The van der Waals surface area contributed by atoms with Gasteiger partial charge >= 0.3 is 0 Å². The van der Waals surface area contributed by atoms with Crippen molar-refractivity contribution in [2.75, 3.05) is 13.2 Å². The van der Waals surface area contributed by atoms with Gasteiger partial charge in [0.25, 0.3) is 0 Å². The van der Waals surface area contributed by atoms with Crippen molar-refractivity contribution in [3.8, 4) is 0 Å². The molecule has 1 atom stereocenters. The molecule has 27 heavy (non-hydrogen) atoms. The minimum absolute atomic E-state index is 0.290. The molecule has 2 fully saturated rings. The number of nitrogens with zero attached hydrogens (tertiary/aromatic N) is 1. The maximum absolute atomic E-state index is 6.15. The summed E-state index contributed by atoms with van der Waals surface area (Å²) >= 11 is 0. The Balaban J connectivity index is 1.59. The van der Waals surface area contributed by atoms with E-state index in [4.69, 9.17) is 9.47 Å². The van der Waals surface area contributed by atoms with Crippen molar-refractivity contribution in [1.29, 1.82) is 0 Å². The van der Waals surface area contributed by atoms with Crippen LogP contribution >= 0.6 is 0 Å². The molecule has 1 aliphatic carbocycles. The van der Waals surface area contributed by atoms with Crippen molar-refractivity contribution in [3.05, 3.63) is 36.0 Å². The molecule has 3 nitrogen and oxygen atoms in total. The van der Waals surface area contributed by atoms with Crippen LogP contribution in [0.25, 0.3) is 0 Å². The van der Waals surface area contributed by atoms with Crippen molar-refractivity contribution >= 4 is 26.8 Å². The van der Waals surface area contributed by atoms with Crippen LogP contribution in [0.1, 0.15) is 39.0 Å². The maximum Gasteiger partial charge on any atom is 0.173 e. The van der Waals surface area contributed by atoms with E-state index in [2.05, 4.69) is 67.8 Å². The van der Waals surface area contributed by atoms with E-state index in [1.165, 1.54) is 24.8 Å². The molecule has 1 aromatic rings. The Morgan fingerprint density at radius 2 is 1.67 bits per heavy atom. The Morgan fingerprint density at radius 3 is 2.26 bits per heavy atom. The zero-order chi connectivity index (χ0) is 19.3. The monoisotopic (exact) mass is 401 g/mol. The van der Waals surface area contributed by atoms with E-state index in [1.807, 2.05) is 0 Å². The average molecular weight is 402 g/mol. The summed E-state index contributed by atoms with van der Waals surface area (Å²) in [7, 11) is -3.28. The largest absolute Gasteiger partial charge is 0.424 e. The third-order valence-electron chi connectivity index (χ3n) is 7.09.